The Labute approximate surface area is 147 Å². The molecule has 0 spiro atoms. The van der Waals surface area contributed by atoms with E-state index < -0.39 is 0 Å². The Balaban J connectivity index is 1.81. The van der Waals surface area contributed by atoms with Gasteiger partial charge in [-0.3, -0.25) is 4.79 Å². The molecule has 0 aliphatic rings. The van der Waals surface area contributed by atoms with Crippen LogP contribution >= 0.6 is 34.5 Å². The number of hydrogen-bond donors (Lipinski definition) is 1. The number of carbonyl (C=O) groups excluding carboxylic acids is 1. The molecule has 0 radical (unpaired) electrons. The summed E-state index contributed by atoms with van der Waals surface area (Å²) in [4.78, 5) is 12.8. The maximum absolute atomic E-state index is 12.1. The molecule has 0 bridgehead atoms. The van der Waals surface area contributed by atoms with Crippen molar-refractivity contribution in [3.8, 4) is 0 Å². The molecule has 0 aliphatic carbocycles. The molecule has 0 unspecified atom stereocenters. The minimum absolute atomic E-state index is 0.0800. The van der Waals surface area contributed by atoms with Gasteiger partial charge in [-0.1, -0.05) is 52.7 Å². The largest absolute Gasteiger partial charge is 0.318 e. The molecule has 0 atom stereocenters. The summed E-state index contributed by atoms with van der Waals surface area (Å²) in [6.07, 6.45) is 0.0800. The number of para-hydroxylation sites is 1. The lowest BCUT2D eigenvalue weighted by atomic mass is 10.1. The zero-order valence-electron chi connectivity index (χ0n) is 12.2. The van der Waals surface area contributed by atoms with Crippen molar-refractivity contribution in [2.75, 3.05) is 0 Å². The summed E-state index contributed by atoms with van der Waals surface area (Å²) in [5, 5.41) is 5.14. The molecule has 0 aliphatic heterocycles. The Morgan fingerprint density at radius 1 is 1.17 bits per heavy atom. The highest BCUT2D eigenvalue weighted by Crippen LogP contribution is 2.24. The monoisotopic (exact) mass is 365 g/mol. The average Bonchev–Trinajstić information content (AvgIpc) is 2.86. The first-order valence-corrected chi connectivity index (χ1v) is 8.43. The summed E-state index contributed by atoms with van der Waals surface area (Å²) in [7, 11) is 1.91. The van der Waals surface area contributed by atoms with E-state index in [1.165, 1.54) is 11.3 Å². The summed E-state index contributed by atoms with van der Waals surface area (Å²) in [5.74, 6) is -0.266. The average molecular weight is 366 g/mol. The predicted octanol–water partition coefficient (Wildman–Crippen LogP) is 3.72. The third kappa shape index (κ3) is 3.42. The standard InChI is InChI=1S/C16H13Cl2N3OS/c1-21-13-7-2-3-8-14(13)23-16(21)20-19-15(22)9-10-11(17)5-4-6-12(10)18/h2-8H,9H2,1H3,(H,19,22)/b20-16+. The Morgan fingerprint density at radius 2 is 1.87 bits per heavy atom. The van der Waals surface area contributed by atoms with Gasteiger partial charge in [0.1, 0.15) is 0 Å². The molecular weight excluding hydrogens is 353 g/mol. The second kappa shape index (κ2) is 6.74. The Kier molecular flexibility index (Phi) is 4.71. The molecule has 1 amide bonds. The number of nitrogens with one attached hydrogen (secondary N) is 1. The molecule has 1 N–H and O–H groups in total. The van der Waals surface area contributed by atoms with E-state index in [0.717, 1.165) is 10.2 Å². The molecule has 4 nitrogen and oxygen atoms in total. The van der Waals surface area contributed by atoms with Crippen LogP contribution < -0.4 is 10.2 Å². The van der Waals surface area contributed by atoms with Crippen LogP contribution in [0.1, 0.15) is 5.56 Å². The fourth-order valence-corrected chi connectivity index (χ4v) is 3.71. The molecule has 118 valence electrons. The number of carbonyl (C=O) groups is 1. The van der Waals surface area contributed by atoms with E-state index in [4.69, 9.17) is 23.2 Å². The van der Waals surface area contributed by atoms with Gasteiger partial charge < -0.3 is 4.57 Å². The van der Waals surface area contributed by atoms with Gasteiger partial charge in [-0.15, -0.1) is 5.10 Å². The van der Waals surface area contributed by atoms with Gasteiger partial charge in [0.25, 0.3) is 0 Å². The van der Waals surface area contributed by atoms with Crippen LogP contribution in [0.4, 0.5) is 0 Å². The van der Waals surface area contributed by atoms with Crippen molar-refractivity contribution in [1.29, 1.82) is 0 Å². The first-order valence-electron chi connectivity index (χ1n) is 6.86. The van der Waals surface area contributed by atoms with Crippen molar-refractivity contribution in [2.45, 2.75) is 6.42 Å². The number of aromatic nitrogens is 1. The summed E-state index contributed by atoms with van der Waals surface area (Å²) >= 11 is 13.7. The van der Waals surface area contributed by atoms with Gasteiger partial charge in [0.15, 0.2) is 0 Å². The van der Waals surface area contributed by atoms with Crippen molar-refractivity contribution < 1.29 is 4.79 Å². The van der Waals surface area contributed by atoms with Crippen LogP contribution in [0, 0.1) is 0 Å². The van der Waals surface area contributed by atoms with Crippen LogP contribution in [0.3, 0.4) is 0 Å². The van der Waals surface area contributed by atoms with Crippen LogP contribution in [0.25, 0.3) is 10.2 Å². The zero-order valence-corrected chi connectivity index (χ0v) is 14.5. The summed E-state index contributed by atoms with van der Waals surface area (Å²) in [6.45, 7) is 0. The first kappa shape index (κ1) is 16.1. The summed E-state index contributed by atoms with van der Waals surface area (Å²) < 4.78 is 3.04. The van der Waals surface area contributed by atoms with Gasteiger partial charge in [0, 0.05) is 17.1 Å². The van der Waals surface area contributed by atoms with Crippen LogP contribution in [-0.4, -0.2) is 10.5 Å². The van der Waals surface area contributed by atoms with Crippen LogP contribution in [0.2, 0.25) is 10.0 Å². The number of rotatable bonds is 3. The van der Waals surface area contributed by atoms with E-state index in [1.807, 2.05) is 35.9 Å². The van der Waals surface area contributed by atoms with Crippen molar-refractivity contribution in [3.05, 3.63) is 62.9 Å². The Bertz CT molecular complexity index is 926. The SMILES string of the molecule is Cn1/c(=N\NC(=O)Cc2c(Cl)cccc2Cl)sc2ccccc21. The molecule has 3 aromatic rings. The third-order valence-corrected chi connectivity index (χ3v) is 5.21. The van der Waals surface area contributed by atoms with Gasteiger partial charge in [-0.05, 0) is 29.8 Å². The van der Waals surface area contributed by atoms with E-state index in [2.05, 4.69) is 10.5 Å². The molecule has 0 saturated carbocycles. The maximum Gasteiger partial charge on any atom is 0.244 e. The minimum atomic E-state index is -0.266. The third-order valence-electron chi connectivity index (χ3n) is 3.39. The number of hydrogen-bond acceptors (Lipinski definition) is 3. The highest BCUT2D eigenvalue weighted by molar-refractivity contribution is 7.16. The molecule has 2 aromatic carbocycles. The van der Waals surface area contributed by atoms with Gasteiger partial charge in [-0.2, -0.15) is 0 Å². The topological polar surface area (TPSA) is 46.4 Å². The van der Waals surface area contributed by atoms with Crippen LogP contribution in [-0.2, 0) is 18.3 Å². The van der Waals surface area contributed by atoms with E-state index in [9.17, 15) is 4.79 Å². The number of amides is 1. The second-order valence-electron chi connectivity index (χ2n) is 4.94. The molecule has 0 fully saturated rings. The summed E-state index contributed by atoms with van der Waals surface area (Å²) in [5.41, 5.74) is 4.23. The molecule has 7 heteroatoms. The van der Waals surface area contributed by atoms with Crippen molar-refractivity contribution >= 4 is 50.7 Å². The normalized spacial score (nSPS) is 11.9. The van der Waals surface area contributed by atoms with E-state index in [-0.39, 0.29) is 12.3 Å². The number of nitrogens with zero attached hydrogens (tertiary/aromatic N) is 2. The fraction of sp³-hybridized carbons (Fsp3) is 0.125. The number of fused-ring (bicyclic) bond motifs is 1. The quantitative estimate of drug-likeness (QED) is 0.706. The highest BCUT2D eigenvalue weighted by Gasteiger charge is 2.10. The second-order valence-corrected chi connectivity index (χ2v) is 6.76. The molecule has 1 aromatic heterocycles. The molecule has 1 heterocycles. The smallest absolute Gasteiger partial charge is 0.244 e. The Hall–Kier alpha value is -1.82. The lowest BCUT2D eigenvalue weighted by molar-refractivity contribution is -0.120. The number of aryl methyl sites for hydroxylation is 1. The predicted molar refractivity (Wildman–Crippen MR) is 94.7 cm³/mol. The van der Waals surface area contributed by atoms with E-state index in [1.54, 1.807) is 18.2 Å². The van der Waals surface area contributed by atoms with Gasteiger partial charge in [0.05, 0.1) is 16.6 Å². The lowest BCUT2D eigenvalue weighted by Crippen LogP contribution is -2.24. The highest BCUT2D eigenvalue weighted by atomic mass is 35.5. The number of halogens is 2. The van der Waals surface area contributed by atoms with Crippen molar-refractivity contribution in [1.82, 2.24) is 9.99 Å². The minimum Gasteiger partial charge on any atom is -0.318 e. The molecule has 0 saturated heterocycles. The molecule has 23 heavy (non-hydrogen) atoms. The van der Waals surface area contributed by atoms with E-state index >= 15 is 0 Å². The Morgan fingerprint density at radius 3 is 2.57 bits per heavy atom. The van der Waals surface area contributed by atoms with Gasteiger partial charge in [-0.25, -0.2) is 5.43 Å². The number of thiazole rings is 1. The first-order chi connectivity index (χ1) is 11.1. The number of benzene rings is 2. The van der Waals surface area contributed by atoms with Crippen LogP contribution in [0.5, 0.6) is 0 Å². The lowest BCUT2D eigenvalue weighted by Gasteiger charge is -2.05. The van der Waals surface area contributed by atoms with E-state index in [0.29, 0.717) is 20.4 Å². The van der Waals surface area contributed by atoms with Gasteiger partial charge >= 0.3 is 0 Å². The van der Waals surface area contributed by atoms with Gasteiger partial charge in [0.2, 0.25) is 10.7 Å². The van der Waals surface area contributed by atoms with Crippen LogP contribution in [0.15, 0.2) is 47.6 Å². The fourth-order valence-electron chi connectivity index (χ4n) is 2.20. The zero-order chi connectivity index (χ0) is 16.4. The van der Waals surface area contributed by atoms with Crippen molar-refractivity contribution in [2.24, 2.45) is 12.1 Å². The molecular formula is C16H13Cl2N3OS. The van der Waals surface area contributed by atoms with Crippen molar-refractivity contribution in [3.63, 3.8) is 0 Å². The maximum atomic E-state index is 12.1. The summed E-state index contributed by atoms with van der Waals surface area (Å²) in [6, 6.07) is 13.1. The molecule has 3 rings (SSSR count).